The van der Waals surface area contributed by atoms with Gasteiger partial charge in [-0.3, -0.25) is 14.6 Å². The van der Waals surface area contributed by atoms with Crippen LogP contribution in [0, 0.1) is 0 Å². The second kappa shape index (κ2) is 5.14. The minimum Gasteiger partial charge on any atom is -0.467 e. The van der Waals surface area contributed by atoms with Crippen LogP contribution >= 0.6 is 0 Å². The molecule has 0 saturated carbocycles. The number of imide groups is 1. The van der Waals surface area contributed by atoms with Crippen LogP contribution in [-0.2, 0) is 14.3 Å². The molecule has 0 aromatic carbocycles. The molecule has 3 aliphatic heterocycles. The Morgan fingerprint density at radius 2 is 2.04 bits per heavy atom. The molecule has 0 radical (unpaired) electrons. The number of hydrogen-bond donors (Lipinski definition) is 0. The fourth-order valence-corrected chi connectivity index (χ4v) is 2.78. The summed E-state index contributed by atoms with van der Waals surface area (Å²) in [7, 11) is 4.29. The molecule has 3 rings (SSSR count). The molecule has 0 bridgehead atoms. The van der Waals surface area contributed by atoms with Gasteiger partial charge in [-0.15, -0.1) is 10.1 Å². The lowest BCUT2D eigenvalue weighted by molar-refractivity contribution is -0.527. The first-order valence-electron chi connectivity index (χ1n) is 7.01. The number of carbonyl (C=O) groups excluding carboxylic acids is 3. The first-order chi connectivity index (χ1) is 10.8. The van der Waals surface area contributed by atoms with Crippen LogP contribution in [0.3, 0.4) is 0 Å². The molecule has 1 saturated heterocycles. The van der Waals surface area contributed by atoms with Crippen LogP contribution in [0.5, 0.6) is 0 Å². The van der Waals surface area contributed by atoms with E-state index in [0.29, 0.717) is 18.3 Å². The number of nitrogens with zero attached hydrogens (tertiary/aromatic N) is 6. The van der Waals surface area contributed by atoms with E-state index in [1.165, 1.54) is 24.1 Å². The molecule has 1 atom stereocenters. The average Bonchev–Trinajstić information content (AvgIpc) is 2.90. The summed E-state index contributed by atoms with van der Waals surface area (Å²) in [6, 6.07) is -1.13. The van der Waals surface area contributed by atoms with E-state index in [-0.39, 0.29) is 12.5 Å². The highest BCUT2D eigenvalue weighted by Crippen LogP contribution is 2.21. The number of urea groups is 1. The van der Waals surface area contributed by atoms with Crippen LogP contribution in [-0.4, -0.2) is 95.1 Å². The zero-order valence-corrected chi connectivity index (χ0v) is 13.3. The summed E-state index contributed by atoms with van der Waals surface area (Å²) in [4.78, 5) is 42.9. The third-order valence-corrected chi connectivity index (χ3v) is 3.94. The van der Waals surface area contributed by atoms with E-state index in [1.807, 2.05) is 0 Å². The largest absolute Gasteiger partial charge is 0.467 e. The van der Waals surface area contributed by atoms with Crippen molar-refractivity contribution in [1.29, 1.82) is 0 Å². The van der Waals surface area contributed by atoms with Gasteiger partial charge in [-0.05, 0) is 6.92 Å². The second-order valence-electron chi connectivity index (χ2n) is 5.51. The zero-order chi connectivity index (χ0) is 16.9. The summed E-state index contributed by atoms with van der Waals surface area (Å²) in [5.74, 6) is -0.120. The molecular weight excluding hydrogens is 304 g/mol. The van der Waals surface area contributed by atoms with Gasteiger partial charge in [0.15, 0.2) is 6.54 Å². The van der Waals surface area contributed by atoms with Gasteiger partial charge in [0.05, 0.1) is 12.8 Å². The van der Waals surface area contributed by atoms with Crippen molar-refractivity contribution in [2.24, 2.45) is 10.1 Å². The maximum atomic E-state index is 12.5. The summed E-state index contributed by atoms with van der Waals surface area (Å²) >= 11 is 0. The van der Waals surface area contributed by atoms with Crippen LogP contribution < -0.4 is 0 Å². The first kappa shape index (κ1) is 15.1. The highest BCUT2D eigenvalue weighted by molar-refractivity contribution is 6.23. The van der Waals surface area contributed by atoms with E-state index in [0.717, 1.165) is 10.6 Å². The highest BCUT2D eigenvalue weighted by atomic mass is 16.5. The third-order valence-electron chi connectivity index (χ3n) is 3.94. The van der Waals surface area contributed by atoms with Crippen LogP contribution in [0.25, 0.3) is 0 Å². The number of rotatable bonds is 2. The predicted molar refractivity (Wildman–Crippen MR) is 79.1 cm³/mol. The number of methoxy groups -OCH3 is 1. The molecule has 122 valence electrons. The Morgan fingerprint density at radius 1 is 1.35 bits per heavy atom. The Labute approximate surface area is 132 Å². The molecule has 3 heterocycles. The van der Waals surface area contributed by atoms with Gasteiger partial charge in [0.2, 0.25) is 11.9 Å². The van der Waals surface area contributed by atoms with Crippen LogP contribution in [0.15, 0.2) is 10.1 Å². The molecule has 0 N–H and O–H groups in total. The lowest BCUT2D eigenvalue weighted by Crippen LogP contribution is -2.62. The number of hydrogen-bond acceptors (Lipinski definition) is 7. The van der Waals surface area contributed by atoms with Gasteiger partial charge in [0.1, 0.15) is 6.54 Å². The summed E-state index contributed by atoms with van der Waals surface area (Å²) in [5, 5.41) is 5.68. The number of amidine groups is 1. The molecule has 23 heavy (non-hydrogen) atoms. The normalized spacial score (nSPS) is 23.7. The van der Waals surface area contributed by atoms with Crippen molar-refractivity contribution < 1.29 is 23.7 Å². The van der Waals surface area contributed by atoms with Gasteiger partial charge in [-0.2, -0.15) is 0 Å². The number of hydrazone groups is 1. The molecule has 10 nitrogen and oxygen atoms in total. The average molecular weight is 321 g/mol. The molecule has 3 amide bonds. The number of fused-ring (bicyclic) bond motifs is 2. The van der Waals surface area contributed by atoms with Crippen LogP contribution in [0.4, 0.5) is 4.79 Å². The number of aliphatic imine (C=N–C) groups is 1. The minimum atomic E-state index is -0.691. The monoisotopic (exact) mass is 321 g/mol. The summed E-state index contributed by atoms with van der Waals surface area (Å²) in [6.45, 7) is 2.07. The smallest absolute Gasteiger partial charge is 0.417 e. The third kappa shape index (κ3) is 2.17. The number of carbonyl (C=O) groups is 3. The number of esters is 1. The summed E-state index contributed by atoms with van der Waals surface area (Å²) < 4.78 is 6.40. The maximum absolute atomic E-state index is 12.5. The Morgan fingerprint density at radius 3 is 2.70 bits per heavy atom. The van der Waals surface area contributed by atoms with Gasteiger partial charge in [0, 0.05) is 14.1 Å². The Hall–Kier alpha value is -2.78. The van der Waals surface area contributed by atoms with Gasteiger partial charge >= 0.3 is 18.0 Å². The minimum absolute atomic E-state index is 0.120. The number of guanidine groups is 1. The van der Waals surface area contributed by atoms with Crippen LogP contribution in [0.1, 0.15) is 6.92 Å². The van der Waals surface area contributed by atoms with E-state index < -0.39 is 18.0 Å². The molecule has 10 heteroatoms. The number of likely N-dealkylation sites (N-methyl/N-ethyl adjacent to an activating group) is 2. The Kier molecular flexibility index (Phi) is 3.38. The fraction of sp³-hybridized carbons (Fsp3) is 0.538. The van der Waals surface area contributed by atoms with Gasteiger partial charge < -0.3 is 4.74 Å². The van der Waals surface area contributed by atoms with Crippen molar-refractivity contribution in [3.63, 3.8) is 0 Å². The fourth-order valence-electron chi connectivity index (χ4n) is 2.78. The van der Waals surface area contributed by atoms with Crippen molar-refractivity contribution >= 4 is 35.4 Å². The van der Waals surface area contributed by atoms with Crippen molar-refractivity contribution in [2.75, 3.05) is 34.3 Å². The Bertz CT molecular complexity index is 709. The van der Waals surface area contributed by atoms with Crippen LogP contribution in [0.2, 0.25) is 0 Å². The predicted octanol–water partition coefficient (Wildman–Crippen LogP) is -1.48. The van der Waals surface area contributed by atoms with E-state index >= 15 is 0 Å². The number of amides is 3. The van der Waals surface area contributed by atoms with Gasteiger partial charge in [-0.1, -0.05) is 4.99 Å². The Balaban J connectivity index is 2.02. The molecule has 0 aliphatic carbocycles. The lowest BCUT2D eigenvalue weighted by Gasteiger charge is -2.32. The quantitative estimate of drug-likeness (QED) is 0.456. The lowest BCUT2D eigenvalue weighted by atomic mass is 10.1. The van der Waals surface area contributed by atoms with Gasteiger partial charge in [0.25, 0.3) is 5.91 Å². The van der Waals surface area contributed by atoms with E-state index in [1.54, 1.807) is 18.5 Å². The summed E-state index contributed by atoms with van der Waals surface area (Å²) in [6.07, 6.45) is 0. The molecule has 1 fully saturated rings. The van der Waals surface area contributed by atoms with Crippen molar-refractivity contribution in [3.8, 4) is 0 Å². The second-order valence-corrected chi connectivity index (χ2v) is 5.51. The molecule has 0 aromatic rings. The molecule has 0 spiro atoms. The van der Waals surface area contributed by atoms with E-state index in [2.05, 4.69) is 14.8 Å². The molecule has 0 aromatic heterocycles. The molecule has 1 unspecified atom stereocenters. The van der Waals surface area contributed by atoms with Crippen molar-refractivity contribution in [3.05, 3.63) is 0 Å². The molecular formula is C13H17N6O4+. The summed E-state index contributed by atoms with van der Waals surface area (Å²) in [5.41, 5.74) is 0.726. The first-order valence-corrected chi connectivity index (χ1v) is 7.01. The highest BCUT2D eigenvalue weighted by Gasteiger charge is 2.53. The van der Waals surface area contributed by atoms with Gasteiger partial charge in [-0.25, -0.2) is 14.2 Å². The zero-order valence-electron chi connectivity index (χ0n) is 13.3. The van der Waals surface area contributed by atoms with Crippen molar-refractivity contribution in [2.45, 2.75) is 13.0 Å². The molecule has 3 aliphatic rings. The maximum Gasteiger partial charge on any atom is 0.417 e. The van der Waals surface area contributed by atoms with Crippen molar-refractivity contribution in [1.82, 2.24) is 14.8 Å². The van der Waals surface area contributed by atoms with E-state index in [4.69, 9.17) is 0 Å². The number of ether oxygens (including phenoxy) is 1. The standard InChI is InChI=1S/C13H17N6O4/c1-7-5-18-9-10(16(2)13(22)17(3)11(9)21)14-12(18)19(15-7)6-8(20)23-4/h9H,5-6H2,1-4H3/q+1. The topological polar surface area (TPSA) is 97.9 Å². The van der Waals surface area contributed by atoms with E-state index in [9.17, 15) is 14.4 Å². The SMILES string of the molecule is COC(=O)CN1N=C(C)C[N+]2=C1N=C1C2C(=O)N(C)C(=O)N1C.